The quantitative estimate of drug-likeness (QED) is 0.835. The monoisotopic (exact) mass is 316 g/mol. The molecule has 0 fully saturated rings. The van der Waals surface area contributed by atoms with Crippen LogP contribution >= 0.6 is 0 Å². The molecule has 1 aromatic rings. The van der Waals surface area contributed by atoms with Crippen molar-refractivity contribution in [3.05, 3.63) is 17.5 Å². The molecule has 0 aromatic carbocycles. The number of rotatable bonds is 6. The molecule has 0 aliphatic rings. The van der Waals surface area contributed by atoms with Crippen LogP contribution < -0.4 is 5.73 Å². The Kier molecular flexibility index (Phi) is 5.57. The van der Waals surface area contributed by atoms with Crippen molar-refractivity contribution >= 4 is 9.84 Å². The molecule has 0 amide bonds. The minimum atomic E-state index is -2.98. The van der Waals surface area contributed by atoms with E-state index in [-0.39, 0.29) is 17.2 Å². The summed E-state index contributed by atoms with van der Waals surface area (Å²) in [5.41, 5.74) is 7.94. The first-order valence-electron chi connectivity index (χ1n) is 7.07. The normalized spacial score (nSPS) is 14.7. The van der Waals surface area contributed by atoms with Crippen LogP contribution in [0, 0.1) is 0 Å². The molecule has 1 aromatic heterocycles. The minimum absolute atomic E-state index is 0.0327. The highest BCUT2D eigenvalue weighted by molar-refractivity contribution is 7.90. The van der Waals surface area contributed by atoms with E-state index in [1.165, 1.54) is 6.26 Å². The van der Waals surface area contributed by atoms with Crippen LogP contribution in [0.2, 0.25) is 0 Å². The van der Waals surface area contributed by atoms with Gasteiger partial charge in [-0.1, -0.05) is 20.8 Å². The first kappa shape index (κ1) is 18.1. The molecular weight excluding hydrogens is 288 g/mol. The minimum Gasteiger partial charge on any atom is -0.329 e. The number of hydrogen-bond donors (Lipinski definition) is 1. The summed E-state index contributed by atoms with van der Waals surface area (Å²) in [7, 11) is 0.817. The van der Waals surface area contributed by atoms with Gasteiger partial charge >= 0.3 is 0 Å². The second kappa shape index (κ2) is 6.46. The lowest BCUT2D eigenvalue weighted by atomic mass is 9.87. The molecule has 0 radical (unpaired) electrons. The predicted molar refractivity (Wildman–Crippen MR) is 86.0 cm³/mol. The fourth-order valence-electron chi connectivity index (χ4n) is 2.34. The van der Waals surface area contributed by atoms with Gasteiger partial charge in [0.1, 0.15) is 9.84 Å². The van der Waals surface area contributed by atoms with E-state index in [9.17, 15) is 8.42 Å². The van der Waals surface area contributed by atoms with E-state index in [0.717, 1.165) is 11.3 Å². The molecule has 0 spiro atoms. The number of aromatic nitrogens is 2. The van der Waals surface area contributed by atoms with Crippen molar-refractivity contribution < 1.29 is 8.42 Å². The maximum absolute atomic E-state index is 11.3. The fraction of sp³-hybridized carbons (Fsp3) is 0.786. The highest BCUT2D eigenvalue weighted by Crippen LogP contribution is 2.30. The summed E-state index contributed by atoms with van der Waals surface area (Å²) in [6, 6.07) is -0.0327. The second-order valence-electron chi connectivity index (χ2n) is 6.72. The zero-order valence-electron chi connectivity index (χ0n) is 13.9. The van der Waals surface area contributed by atoms with Gasteiger partial charge in [-0.05, 0) is 7.05 Å². The molecule has 0 bridgehead atoms. The van der Waals surface area contributed by atoms with Crippen LogP contribution in [0.15, 0.2) is 6.20 Å². The van der Waals surface area contributed by atoms with Gasteiger partial charge in [0.15, 0.2) is 0 Å². The van der Waals surface area contributed by atoms with Crippen molar-refractivity contribution in [3.8, 4) is 0 Å². The summed E-state index contributed by atoms with van der Waals surface area (Å²) < 4.78 is 24.5. The lowest BCUT2D eigenvalue weighted by Gasteiger charge is -2.29. The van der Waals surface area contributed by atoms with Gasteiger partial charge in [0.05, 0.1) is 17.5 Å². The molecule has 0 saturated carbocycles. The summed E-state index contributed by atoms with van der Waals surface area (Å²) in [4.78, 5) is 1.99. The number of nitrogens with zero attached hydrogens (tertiary/aromatic N) is 3. The largest absolute Gasteiger partial charge is 0.329 e. The Balaban J connectivity index is 3.05. The van der Waals surface area contributed by atoms with Crippen LogP contribution in [0.1, 0.15) is 38.1 Å². The Morgan fingerprint density at radius 3 is 2.43 bits per heavy atom. The zero-order valence-corrected chi connectivity index (χ0v) is 14.7. The Bertz CT molecular complexity index is 572. The maximum atomic E-state index is 11.3. The number of hydrogen-bond acceptors (Lipinski definition) is 5. The zero-order chi connectivity index (χ0) is 16.4. The van der Waals surface area contributed by atoms with E-state index in [1.807, 2.05) is 25.2 Å². The van der Waals surface area contributed by atoms with Crippen molar-refractivity contribution in [2.45, 2.75) is 32.2 Å². The SMILES string of the molecule is CN(CCS(C)(=O)=O)C(CN)c1cn(C)nc1C(C)(C)C. The van der Waals surface area contributed by atoms with Gasteiger partial charge in [-0.15, -0.1) is 0 Å². The highest BCUT2D eigenvalue weighted by Gasteiger charge is 2.28. The number of aryl methyl sites for hydroxylation is 1. The van der Waals surface area contributed by atoms with Gasteiger partial charge in [-0.3, -0.25) is 9.58 Å². The molecule has 122 valence electrons. The predicted octanol–water partition coefficient (Wildman–Crippen LogP) is 0.694. The Hall–Kier alpha value is -0.920. The van der Waals surface area contributed by atoms with Gasteiger partial charge in [-0.25, -0.2) is 8.42 Å². The Labute approximate surface area is 128 Å². The van der Waals surface area contributed by atoms with Crippen molar-refractivity contribution in [3.63, 3.8) is 0 Å². The second-order valence-corrected chi connectivity index (χ2v) is 8.98. The van der Waals surface area contributed by atoms with Crippen LogP contribution in [0.4, 0.5) is 0 Å². The standard InChI is InChI=1S/C14H28N4O2S/c1-14(2,3)13-11(10-18(5)16-13)12(9-15)17(4)7-8-21(6,19)20/h10,12H,7-9,15H2,1-6H3. The average molecular weight is 316 g/mol. The number of likely N-dealkylation sites (N-methyl/N-ethyl adjacent to an activating group) is 1. The van der Waals surface area contributed by atoms with E-state index in [0.29, 0.717) is 13.1 Å². The molecule has 1 rings (SSSR count). The molecular formula is C14H28N4O2S. The molecule has 2 N–H and O–H groups in total. The molecule has 1 unspecified atom stereocenters. The summed E-state index contributed by atoms with van der Waals surface area (Å²) in [6.45, 7) is 7.23. The lowest BCUT2D eigenvalue weighted by molar-refractivity contribution is 0.261. The molecule has 6 nitrogen and oxygen atoms in total. The number of nitrogens with two attached hydrogens (primary N) is 1. The number of sulfone groups is 1. The van der Waals surface area contributed by atoms with Gasteiger partial charge in [0.25, 0.3) is 0 Å². The highest BCUT2D eigenvalue weighted by atomic mass is 32.2. The molecule has 7 heteroatoms. The fourth-order valence-corrected chi connectivity index (χ4v) is 2.96. The van der Waals surface area contributed by atoms with Crippen LogP contribution in [-0.4, -0.2) is 55.2 Å². The van der Waals surface area contributed by atoms with E-state index in [1.54, 1.807) is 4.68 Å². The summed E-state index contributed by atoms with van der Waals surface area (Å²) >= 11 is 0. The third kappa shape index (κ3) is 5.09. The third-order valence-electron chi connectivity index (χ3n) is 3.50. The van der Waals surface area contributed by atoms with Crippen molar-refractivity contribution in [2.75, 3.05) is 32.1 Å². The smallest absolute Gasteiger partial charge is 0.148 e. The molecule has 1 atom stereocenters. The first-order chi connectivity index (χ1) is 9.45. The Morgan fingerprint density at radius 2 is 2.00 bits per heavy atom. The van der Waals surface area contributed by atoms with E-state index in [2.05, 4.69) is 25.9 Å². The van der Waals surface area contributed by atoms with Gasteiger partial charge in [0.2, 0.25) is 0 Å². The third-order valence-corrected chi connectivity index (χ3v) is 4.42. The van der Waals surface area contributed by atoms with Crippen molar-refractivity contribution in [1.82, 2.24) is 14.7 Å². The van der Waals surface area contributed by atoms with E-state index >= 15 is 0 Å². The molecule has 0 aliphatic heterocycles. The van der Waals surface area contributed by atoms with E-state index < -0.39 is 9.84 Å². The van der Waals surface area contributed by atoms with Crippen molar-refractivity contribution in [2.24, 2.45) is 12.8 Å². The summed E-state index contributed by atoms with van der Waals surface area (Å²) in [6.07, 6.45) is 3.23. The molecule has 0 aliphatic carbocycles. The average Bonchev–Trinajstić information content (AvgIpc) is 2.68. The summed E-state index contributed by atoms with van der Waals surface area (Å²) in [5, 5.41) is 4.56. The molecule has 0 saturated heterocycles. The van der Waals surface area contributed by atoms with Gasteiger partial charge in [0, 0.05) is 43.6 Å². The molecule has 21 heavy (non-hydrogen) atoms. The summed E-state index contributed by atoms with van der Waals surface area (Å²) in [5.74, 6) is 0.130. The van der Waals surface area contributed by atoms with Crippen LogP contribution in [0.3, 0.4) is 0 Å². The van der Waals surface area contributed by atoms with Crippen LogP contribution in [0.25, 0.3) is 0 Å². The van der Waals surface area contributed by atoms with Crippen LogP contribution in [-0.2, 0) is 22.3 Å². The van der Waals surface area contributed by atoms with Crippen molar-refractivity contribution in [1.29, 1.82) is 0 Å². The first-order valence-corrected chi connectivity index (χ1v) is 9.14. The van der Waals surface area contributed by atoms with Crippen LogP contribution in [0.5, 0.6) is 0 Å². The van der Waals surface area contributed by atoms with E-state index in [4.69, 9.17) is 5.73 Å². The lowest BCUT2D eigenvalue weighted by Crippen LogP contribution is -2.35. The molecule has 1 heterocycles. The maximum Gasteiger partial charge on any atom is 0.148 e. The Morgan fingerprint density at radius 1 is 1.43 bits per heavy atom. The topological polar surface area (TPSA) is 81.2 Å². The van der Waals surface area contributed by atoms with Gasteiger partial charge in [-0.2, -0.15) is 5.10 Å². The van der Waals surface area contributed by atoms with Gasteiger partial charge < -0.3 is 5.73 Å².